The lowest BCUT2D eigenvalue weighted by Crippen LogP contribution is -2.50. The van der Waals surface area contributed by atoms with Crippen LogP contribution in [0.5, 0.6) is 0 Å². The first-order valence-electron chi connectivity index (χ1n) is 21.1. The number of rotatable bonds is 15. The molecule has 0 bridgehead atoms. The molecule has 62 heavy (non-hydrogen) atoms. The summed E-state index contributed by atoms with van der Waals surface area (Å²) in [6.07, 6.45) is 2.40. The van der Waals surface area contributed by atoms with Gasteiger partial charge in [0, 0.05) is 30.6 Å². The zero-order valence-corrected chi connectivity index (χ0v) is 35.2. The molecule has 1 aliphatic heterocycles. The summed E-state index contributed by atoms with van der Waals surface area (Å²) >= 11 is 0. The van der Waals surface area contributed by atoms with Crippen LogP contribution in [0.25, 0.3) is 22.5 Å². The minimum absolute atomic E-state index is 0.0920. The van der Waals surface area contributed by atoms with Gasteiger partial charge in [-0.3, -0.25) is 9.59 Å². The minimum atomic E-state index is -0.906. The highest BCUT2D eigenvalue weighted by atomic mass is 16.5. The number of amides is 1. The molecule has 12 nitrogen and oxygen atoms in total. The molecule has 0 aliphatic carbocycles. The number of unbranched alkanes of at least 4 members (excludes halogenated alkanes) is 1. The summed E-state index contributed by atoms with van der Waals surface area (Å²) in [4.78, 5) is 45.2. The number of nitrogens with zero attached hydrogens (tertiary/aromatic N) is 7. The summed E-state index contributed by atoms with van der Waals surface area (Å²) in [5.74, 6) is -0.171. The van der Waals surface area contributed by atoms with E-state index in [1.54, 1.807) is 6.92 Å². The lowest BCUT2D eigenvalue weighted by Gasteiger charge is -2.36. The molecule has 1 aliphatic rings. The normalized spacial score (nSPS) is 13.7. The van der Waals surface area contributed by atoms with Crippen LogP contribution in [0, 0.1) is 0 Å². The van der Waals surface area contributed by atoms with E-state index in [0.717, 1.165) is 69.7 Å². The summed E-state index contributed by atoms with van der Waals surface area (Å²) in [5, 5.41) is 13.8. The number of carbonyl (C=O) groups is 3. The van der Waals surface area contributed by atoms with Crippen LogP contribution in [0.3, 0.4) is 0 Å². The van der Waals surface area contributed by atoms with Crippen molar-refractivity contribution in [2.45, 2.75) is 70.6 Å². The zero-order valence-electron chi connectivity index (χ0n) is 35.2. The first-order chi connectivity index (χ1) is 30.4. The van der Waals surface area contributed by atoms with Gasteiger partial charge >= 0.3 is 11.9 Å². The topological polar surface area (TPSA) is 134 Å². The van der Waals surface area contributed by atoms with Crippen molar-refractivity contribution in [2.75, 3.05) is 13.7 Å². The summed E-state index contributed by atoms with van der Waals surface area (Å²) < 4.78 is 14.3. The van der Waals surface area contributed by atoms with E-state index in [4.69, 9.17) is 24.8 Å². The molecule has 0 radical (unpaired) electrons. The third kappa shape index (κ3) is 8.03. The van der Waals surface area contributed by atoms with Gasteiger partial charge in [-0.25, -0.2) is 14.5 Å². The summed E-state index contributed by atoms with van der Waals surface area (Å²) in [6.45, 7) is 4.59. The fraction of sp³-hybridized carbons (Fsp3) is 0.260. The number of esters is 2. The molecule has 0 fully saturated rings. The van der Waals surface area contributed by atoms with Gasteiger partial charge in [0.05, 0.1) is 26.0 Å². The van der Waals surface area contributed by atoms with Crippen LogP contribution in [0.2, 0.25) is 0 Å². The Bertz CT molecular complexity index is 2550. The molecule has 3 heterocycles. The average molecular weight is 828 g/mol. The number of aryl methyl sites for hydroxylation is 1. The van der Waals surface area contributed by atoms with Crippen molar-refractivity contribution in [1.29, 1.82) is 0 Å². The third-order valence-electron chi connectivity index (χ3n) is 11.6. The maximum Gasteiger partial charge on any atom is 0.328 e. The largest absolute Gasteiger partial charge is 0.467 e. The Hall–Kier alpha value is -7.21. The SMILES string of the molecule is CCCCc1nc2c(n1Cc1ccc(-c3ccccc3-c3nnnn3C(c3ccccc3)(c3ccccc3)c3ccccc3)cc1)CC(C(=O)OC)N(C(=O)CC(=O)OCC)C2. The predicted octanol–water partition coefficient (Wildman–Crippen LogP) is 7.81. The van der Waals surface area contributed by atoms with E-state index in [1.165, 1.54) is 12.0 Å². The second-order valence-corrected chi connectivity index (χ2v) is 15.3. The second-order valence-electron chi connectivity index (χ2n) is 15.3. The molecule has 12 heteroatoms. The molecule has 0 spiro atoms. The Labute approximate surface area is 361 Å². The fourth-order valence-corrected chi connectivity index (χ4v) is 8.66. The highest BCUT2D eigenvalue weighted by Gasteiger charge is 2.42. The van der Waals surface area contributed by atoms with E-state index in [2.05, 4.69) is 89.5 Å². The van der Waals surface area contributed by atoms with Gasteiger partial charge in [-0.15, -0.1) is 5.10 Å². The van der Waals surface area contributed by atoms with Crippen molar-refractivity contribution < 1.29 is 23.9 Å². The highest BCUT2D eigenvalue weighted by molar-refractivity contribution is 5.96. The van der Waals surface area contributed by atoms with Crippen LogP contribution < -0.4 is 0 Å². The first kappa shape index (κ1) is 41.5. The summed E-state index contributed by atoms with van der Waals surface area (Å²) in [7, 11) is 1.31. The number of aromatic nitrogens is 6. The molecule has 1 amide bonds. The molecule has 0 saturated heterocycles. The standard InChI is InChI=1S/C50H49N7O5/c1-4-6-26-45-51-42-34-56(46(58)32-47(59)62-5-2)44(49(60)61-3)31-43(42)55(45)33-35-27-29-36(30-28-35)40-24-16-17-25-41(40)48-52-53-54-57(48)50(37-18-10-7-11-19-37,38-20-12-8-13-21-38)39-22-14-9-15-23-39/h7-25,27-30,44H,4-6,26,31-34H2,1-3H3. The van der Waals surface area contributed by atoms with Gasteiger partial charge in [-0.1, -0.05) is 153 Å². The molecule has 5 aromatic carbocycles. The van der Waals surface area contributed by atoms with E-state index >= 15 is 0 Å². The summed E-state index contributed by atoms with van der Waals surface area (Å²) in [6, 6.07) is 46.8. The number of fused-ring (bicyclic) bond motifs is 1. The number of tetrazole rings is 1. The molecular weight excluding hydrogens is 779 g/mol. The maximum absolute atomic E-state index is 13.4. The van der Waals surface area contributed by atoms with Crippen molar-refractivity contribution in [3.8, 4) is 22.5 Å². The van der Waals surface area contributed by atoms with Gasteiger partial charge in [0.15, 0.2) is 5.82 Å². The monoisotopic (exact) mass is 827 g/mol. The van der Waals surface area contributed by atoms with Gasteiger partial charge in [0.25, 0.3) is 0 Å². The van der Waals surface area contributed by atoms with Crippen LogP contribution in [-0.4, -0.2) is 72.3 Å². The Balaban J connectivity index is 1.16. The molecule has 7 aromatic rings. The Morgan fingerprint density at radius 1 is 0.758 bits per heavy atom. The predicted molar refractivity (Wildman–Crippen MR) is 235 cm³/mol. The molecular formula is C50H49N7O5. The lowest BCUT2D eigenvalue weighted by molar-refractivity contribution is -0.157. The van der Waals surface area contributed by atoms with Crippen molar-refractivity contribution in [3.63, 3.8) is 0 Å². The number of hydrogen-bond donors (Lipinski definition) is 0. The Morgan fingerprint density at radius 3 is 1.94 bits per heavy atom. The lowest BCUT2D eigenvalue weighted by atomic mass is 9.77. The fourth-order valence-electron chi connectivity index (χ4n) is 8.66. The Morgan fingerprint density at radius 2 is 1.35 bits per heavy atom. The smallest absolute Gasteiger partial charge is 0.328 e. The number of imidazole rings is 1. The van der Waals surface area contributed by atoms with Crippen LogP contribution in [-0.2, 0) is 55.3 Å². The first-order valence-corrected chi connectivity index (χ1v) is 21.1. The quantitative estimate of drug-likeness (QED) is 0.0577. The molecule has 1 unspecified atom stereocenters. The van der Waals surface area contributed by atoms with Crippen molar-refractivity contribution in [3.05, 3.63) is 179 Å². The number of hydrogen-bond acceptors (Lipinski definition) is 9. The Kier molecular flexibility index (Phi) is 12.5. The molecule has 1 atom stereocenters. The van der Waals surface area contributed by atoms with Crippen molar-refractivity contribution in [1.82, 2.24) is 34.7 Å². The molecule has 2 aromatic heterocycles. The minimum Gasteiger partial charge on any atom is -0.467 e. The average Bonchev–Trinajstić information content (AvgIpc) is 3.94. The van der Waals surface area contributed by atoms with Gasteiger partial charge in [-0.2, -0.15) is 0 Å². The van der Waals surface area contributed by atoms with Crippen LogP contribution in [0.15, 0.2) is 140 Å². The zero-order chi connectivity index (χ0) is 43.1. The number of ether oxygens (including phenoxy) is 2. The van der Waals surface area contributed by atoms with Crippen LogP contribution in [0.1, 0.15) is 72.6 Å². The highest BCUT2D eigenvalue weighted by Crippen LogP contribution is 2.43. The van der Waals surface area contributed by atoms with E-state index in [9.17, 15) is 14.4 Å². The van der Waals surface area contributed by atoms with Gasteiger partial charge in [0.1, 0.15) is 23.8 Å². The number of benzene rings is 5. The van der Waals surface area contributed by atoms with Gasteiger partial charge < -0.3 is 18.9 Å². The van der Waals surface area contributed by atoms with E-state index < -0.39 is 35.8 Å². The molecule has 0 saturated carbocycles. The van der Waals surface area contributed by atoms with Gasteiger partial charge in [0.2, 0.25) is 5.91 Å². The number of methoxy groups -OCH3 is 1. The molecule has 314 valence electrons. The van der Waals surface area contributed by atoms with Gasteiger partial charge in [-0.05, 0) is 57.2 Å². The van der Waals surface area contributed by atoms with Crippen molar-refractivity contribution in [2.24, 2.45) is 0 Å². The summed E-state index contributed by atoms with van der Waals surface area (Å²) in [5.41, 5.74) is 7.61. The van der Waals surface area contributed by atoms with Crippen LogP contribution >= 0.6 is 0 Å². The third-order valence-corrected chi connectivity index (χ3v) is 11.6. The number of carbonyl (C=O) groups excluding carboxylic acids is 3. The molecule has 8 rings (SSSR count). The second kappa shape index (κ2) is 18.6. The molecule has 0 N–H and O–H groups in total. The van der Waals surface area contributed by atoms with E-state index in [-0.39, 0.29) is 19.6 Å². The van der Waals surface area contributed by atoms with Crippen molar-refractivity contribution >= 4 is 17.8 Å². The van der Waals surface area contributed by atoms with Crippen LogP contribution in [0.4, 0.5) is 0 Å². The van der Waals surface area contributed by atoms with E-state index in [1.807, 2.05) is 71.4 Å². The van der Waals surface area contributed by atoms with E-state index in [0.29, 0.717) is 18.1 Å². The maximum atomic E-state index is 13.4.